The van der Waals surface area contributed by atoms with Crippen LogP contribution in [0.25, 0.3) is 11.3 Å². The van der Waals surface area contributed by atoms with Crippen molar-refractivity contribution in [3.8, 4) is 17.0 Å². The number of hydrogen-bond acceptors (Lipinski definition) is 5. The van der Waals surface area contributed by atoms with Gasteiger partial charge < -0.3 is 26.2 Å². The number of amides is 2. The van der Waals surface area contributed by atoms with Crippen molar-refractivity contribution in [1.82, 2.24) is 15.2 Å². The number of benzene rings is 1. The van der Waals surface area contributed by atoms with Gasteiger partial charge in [-0.25, -0.2) is 9.78 Å². The molecule has 1 aliphatic rings. The lowest BCUT2D eigenvalue weighted by Gasteiger charge is -2.32. The van der Waals surface area contributed by atoms with Crippen molar-refractivity contribution in [3.05, 3.63) is 41.5 Å². The molecular weight excluding hydrogens is 348 g/mol. The number of nitrogens with one attached hydrogen (secondary N) is 1. The number of pyridine rings is 1. The van der Waals surface area contributed by atoms with Crippen LogP contribution in [0.5, 0.6) is 5.75 Å². The Morgan fingerprint density at radius 1 is 1.33 bits per heavy atom. The first-order valence-electron chi connectivity index (χ1n) is 8.71. The van der Waals surface area contributed by atoms with Gasteiger partial charge in [0.15, 0.2) is 0 Å². The van der Waals surface area contributed by atoms with Crippen LogP contribution in [0.1, 0.15) is 34.7 Å². The van der Waals surface area contributed by atoms with Crippen LogP contribution in [0, 0.1) is 0 Å². The zero-order valence-electron chi connectivity index (χ0n) is 15.0. The summed E-state index contributed by atoms with van der Waals surface area (Å²) in [5.41, 5.74) is 7.95. The van der Waals surface area contributed by atoms with Gasteiger partial charge in [0.25, 0.3) is 5.91 Å². The molecule has 1 saturated heterocycles. The van der Waals surface area contributed by atoms with Crippen LogP contribution in [-0.2, 0) is 0 Å². The van der Waals surface area contributed by atoms with E-state index >= 15 is 0 Å². The molecule has 1 aliphatic heterocycles. The van der Waals surface area contributed by atoms with Crippen LogP contribution in [-0.4, -0.2) is 52.2 Å². The van der Waals surface area contributed by atoms with E-state index in [2.05, 4.69) is 10.3 Å². The Kier molecular flexibility index (Phi) is 5.16. The summed E-state index contributed by atoms with van der Waals surface area (Å²) in [5.74, 6) is -0.445. The minimum atomic E-state index is -0.982. The number of phenolic OH excluding ortho intramolecular Hbond substituents is 1. The number of hydrogen-bond donors (Lipinski definition) is 4. The molecule has 1 fully saturated rings. The van der Waals surface area contributed by atoms with Crippen molar-refractivity contribution in [2.45, 2.75) is 18.8 Å². The first-order valence-corrected chi connectivity index (χ1v) is 8.71. The molecule has 142 valence electrons. The number of carbonyl (C=O) groups is 2. The Balaban J connectivity index is 2.13. The van der Waals surface area contributed by atoms with Gasteiger partial charge in [-0.1, -0.05) is 12.1 Å². The van der Waals surface area contributed by atoms with E-state index in [4.69, 9.17) is 5.73 Å². The second-order valence-corrected chi connectivity index (χ2v) is 6.52. The van der Waals surface area contributed by atoms with Gasteiger partial charge in [0.2, 0.25) is 0 Å². The van der Waals surface area contributed by atoms with E-state index in [1.807, 2.05) is 0 Å². The fraction of sp³-hybridized carbons (Fsp3) is 0.316. The standard InChI is InChI=1S/C19H22N4O4/c1-21-18(25)16-13(11-5-4-8-23(10-11)19(26)27)9-14(22-17(16)20)12-6-2-3-7-15(12)24/h2-3,6-7,9,11,24H,4-5,8,10H2,1H3,(H2,20,22)(H,21,25)(H,26,27). The van der Waals surface area contributed by atoms with E-state index in [-0.39, 0.29) is 35.5 Å². The van der Waals surface area contributed by atoms with Gasteiger partial charge in [0.05, 0.1) is 11.3 Å². The molecule has 8 nitrogen and oxygen atoms in total. The summed E-state index contributed by atoms with van der Waals surface area (Å²) < 4.78 is 0. The number of aromatic nitrogens is 1. The van der Waals surface area contributed by atoms with Gasteiger partial charge in [-0.2, -0.15) is 0 Å². The van der Waals surface area contributed by atoms with Crippen LogP contribution in [0.4, 0.5) is 10.6 Å². The molecule has 1 aromatic carbocycles. The molecular formula is C19H22N4O4. The molecule has 0 aliphatic carbocycles. The highest BCUT2D eigenvalue weighted by atomic mass is 16.4. The molecule has 27 heavy (non-hydrogen) atoms. The van der Waals surface area contributed by atoms with E-state index in [1.165, 1.54) is 11.9 Å². The van der Waals surface area contributed by atoms with Crippen molar-refractivity contribution in [2.24, 2.45) is 0 Å². The number of anilines is 1. The molecule has 5 N–H and O–H groups in total. The van der Waals surface area contributed by atoms with E-state index in [9.17, 15) is 19.8 Å². The number of nitrogens with zero attached hydrogens (tertiary/aromatic N) is 2. The van der Waals surface area contributed by atoms with Gasteiger partial charge in [-0.3, -0.25) is 4.79 Å². The molecule has 2 heterocycles. The Morgan fingerprint density at radius 2 is 2.07 bits per heavy atom. The molecule has 8 heteroatoms. The number of para-hydroxylation sites is 1. The summed E-state index contributed by atoms with van der Waals surface area (Å²) in [4.78, 5) is 29.5. The zero-order chi connectivity index (χ0) is 19.6. The average Bonchev–Trinajstić information content (AvgIpc) is 2.67. The number of carbonyl (C=O) groups excluding carboxylic acids is 1. The number of nitrogen functional groups attached to an aromatic ring is 1. The number of piperidine rings is 1. The van der Waals surface area contributed by atoms with Crippen molar-refractivity contribution in [2.75, 3.05) is 25.9 Å². The lowest BCUT2D eigenvalue weighted by molar-refractivity contribution is 0.0961. The van der Waals surface area contributed by atoms with Gasteiger partial charge in [-0.15, -0.1) is 0 Å². The molecule has 1 aromatic heterocycles. The molecule has 2 aromatic rings. The molecule has 2 amide bonds. The summed E-state index contributed by atoms with van der Waals surface area (Å²) >= 11 is 0. The Morgan fingerprint density at radius 3 is 2.74 bits per heavy atom. The highest BCUT2D eigenvalue weighted by molar-refractivity contribution is 6.00. The van der Waals surface area contributed by atoms with Crippen molar-refractivity contribution in [3.63, 3.8) is 0 Å². The van der Waals surface area contributed by atoms with Crippen LogP contribution in [0.15, 0.2) is 30.3 Å². The summed E-state index contributed by atoms with van der Waals surface area (Å²) in [5, 5.41) is 22.0. The van der Waals surface area contributed by atoms with E-state index in [1.54, 1.807) is 30.3 Å². The van der Waals surface area contributed by atoms with E-state index < -0.39 is 6.09 Å². The second kappa shape index (κ2) is 7.53. The molecule has 3 rings (SSSR count). The summed E-state index contributed by atoms with van der Waals surface area (Å²) in [7, 11) is 1.51. The number of nitrogens with two attached hydrogens (primary N) is 1. The molecule has 0 radical (unpaired) electrons. The molecule has 0 saturated carbocycles. The molecule has 0 bridgehead atoms. The Bertz CT molecular complexity index is 884. The van der Waals surface area contributed by atoms with Gasteiger partial charge >= 0.3 is 6.09 Å². The highest BCUT2D eigenvalue weighted by Crippen LogP contribution is 2.36. The van der Waals surface area contributed by atoms with Gasteiger partial charge in [-0.05, 0) is 36.6 Å². The number of carboxylic acid groups (broad SMARTS) is 1. The second-order valence-electron chi connectivity index (χ2n) is 6.52. The van der Waals surface area contributed by atoms with Crippen LogP contribution in [0.3, 0.4) is 0 Å². The van der Waals surface area contributed by atoms with Gasteiger partial charge in [0, 0.05) is 31.6 Å². The Labute approximate surface area is 156 Å². The predicted molar refractivity (Wildman–Crippen MR) is 101 cm³/mol. The van der Waals surface area contributed by atoms with Gasteiger partial charge in [0.1, 0.15) is 11.6 Å². The summed E-state index contributed by atoms with van der Waals surface area (Å²) in [6.07, 6.45) is 0.444. The topological polar surface area (TPSA) is 129 Å². The normalized spacial score (nSPS) is 16.8. The largest absolute Gasteiger partial charge is 0.507 e. The third kappa shape index (κ3) is 3.64. The predicted octanol–water partition coefficient (Wildman–Crippen LogP) is 2.25. The molecule has 0 spiro atoms. The number of phenols is 1. The summed E-state index contributed by atoms with van der Waals surface area (Å²) in [6.45, 7) is 0.747. The lowest BCUT2D eigenvalue weighted by atomic mass is 9.86. The van der Waals surface area contributed by atoms with Crippen molar-refractivity contribution < 1.29 is 19.8 Å². The van der Waals surface area contributed by atoms with Crippen LogP contribution in [0.2, 0.25) is 0 Å². The fourth-order valence-electron chi connectivity index (χ4n) is 3.51. The third-order valence-electron chi connectivity index (χ3n) is 4.84. The molecule has 1 unspecified atom stereocenters. The van der Waals surface area contributed by atoms with Crippen molar-refractivity contribution in [1.29, 1.82) is 0 Å². The number of aromatic hydroxyl groups is 1. The maximum absolute atomic E-state index is 12.4. The quantitative estimate of drug-likeness (QED) is 0.656. The zero-order valence-corrected chi connectivity index (χ0v) is 15.0. The monoisotopic (exact) mass is 370 g/mol. The van der Waals surface area contributed by atoms with E-state index in [0.29, 0.717) is 29.8 Å². The highest BCUT2D eigenvalue weighted by Gasteiger charge is 2.29. The minimum absolute atomic E-state index is 0.0533. The van der Waals surface area contributed by atoms with E-state index in [0.717, 1.165) is 6.42 Å². The minimum Gasteiger partial charge on any atom is -0.507 e. The fourth-order valence-corrected chi connectivity index (χ4v) is 3.51. The van der Waals surface area contributed by atoms with Crippen molar-refractivity contribution >= 4 is 17.8 Å². The lowest BCUT2D eigenvalue weighted by Crippen LogP contribution is -2.38. The van der Waals surface area contributed by atoms with Crippen LogP contribution < -0.4 is 11.1 Å². The van der Waals surface area contributed by atoms with Crippen LogP contribution >= 0.6 is 0 Å². The maximum atomic E-state index is 12.4. The number of likely N-dealkylation sites (tertiary alicyclic amines) is 1. The third-order valence-corrected chi connectivity index (χ3v) is 4.84. The number of rotatable bonds is 3. The smallest absolute Gasteiger partial charge is 0.407 e. The summed E-state index contributed by atoms with van der Waals surface area (Å²) in [6, 6.07) is 8.46. The maximum Gasteiger partial charge on any atom is 0.407 e. The average molecular weight is 370 g/mol. The molecule has 1 atom stereocenters. The SMILES string of the molecule is CNC(=O)c1c(C2CCCN(C(=O)O)C2)cc(-c2ccccc2O)nc1N. The first kappa shape index (κ1) is 18.5. The Hall–Kier alpha value is -3.29. The first-order chi connectivity index (χ1) is 12.9.